The number of benzene rings is 2. The maximum absolute atomic E-state index is 14.0. The lowest BCUT2D eigenvalue weighted by molar-refractivity contribution is -0.256. The van der Waals surface area contributed by atoms with Crippen LogP contribution in [0.15, 0.2) is 18.2 Å². The van der Waals surface area contributed by atoms with Crippen molar-refractivity contribution in [3.63, 3.8) is 0 Å². The fourth-order valence-electron chi connectivity index (χ4n) is 8.05. The Kier molecular flexibility index (Phi) is 7.37. The van der Waals surface area contributed by atoms with E-state index in [9.17, 15) is 24.9 Å². The second-order valence-electron chi connectivity index (χ2n) is 12.9. The van der Waals surface area contributed by atoms with Crippen LogP contribution in [0, 0.1) is 6.92 Å². The van der Waals surface area contributed by atoms with Crippen molar-refractivity contribution in [1.29, 1.82) is 0 Å². The van der Waals surface area contributed by atoms with Gasteiger partial charge in [0.1, 0.15) is 34.8 Å². The zero-order valence-electron chi connectivity index (χ0n) is 26.8. The number of nitrogens with zero attached hydrogens (tertiary/aromatic N) is 3. The highest BCUT2D eigenvalue weighted by molar-refractivity contribution is 6.31. The summed E-state index contributed by atoms with van der Waals surface area (Å²) < 4.78 is 35.9. The van der Waals surface area contributed by atoms with Gasteiger partial charge in [-0.2, -0.15) is 5.10 Å². The van der Waals surface area contributed by atoms with Crippen LogP contribution in [0.1, 0.15) is 80.5 Å². The van der Waals surface area contributed by atoms with Crippen LogP contribution in [-0.4, -0.2) is 111 Å². The molecule has 4 N–H and O–H groups in total. The van der Waals surface area contributed by atoms with E-state index in [1.54, 1.807) is 26.2 Å². The van der Waals surface area contributed by atoms with Gasteiger partial charge in [-0.15, -0.1) is 0 Å². The number of rotatable bonds is 5. The molecule has 2 aliphatic carbocycles. The van der Waals surface area contributed by atoms with Crippen LogP contribution in [0.25, 0.3) is 0 Å². The third-order valence-corrected chi connectivity index (χ3v) is 10.2. The summed E-state index contributed by atoms with van der Waals surface area (Å²) in [5, 5.41) is 42.7. The molecule has 1 aromatic heterocycles. The minimum atomic E-state index is -1.79. The Morgan fingerprint density at radius 2 is 1.88 bits per heavy atom. The van der Waals surface area contributed by atoms with Crippen molar-refractivity contribution >= 4 is 11.6 Å². The van der Waals surface area contributed by atoms with Crippen LogP contribution in [0.3, 0.4) is 0 Å². The predicted octanol–water partition coefficient (Wildman–Crippen LogP) is 1.73. The van der Waals surface area contributed by atoms with Gasteiger partial charge in [0.15, 0.2) is 30.4 Å². The van der Waals surface area contributed by atoms with Gasteiger partial charge in [0.25, 0.3) is 0 Å². The third kappa shape index (κ3) is 4.53. The van der Waals surface area contributed by atoms with Gasteiger partial charge in [0, 0.05) is 55.6 Å². The van der Waals surface area contributed by atoms with E-state index in [4.69, 9.17) is 28.4 Å². The van der Waals surface area contributed by atoms with Crippen molar-refractivity contribution < 1.29 is 53.3 Å². The van der Waals surface area contributed by atoms with Crippen molar-refractivity contribution in [2.24, 2.45) is 0 Å². The summed E-state index contributed by atoms with van der Waals surface area (Å²) in [4.78, 5) is 34.4. The Labute approximate surface area is 274 Å². The van der Waals surface area contributed by atoms with Crippen molar-refractivity contribution in [3.05, 3.63) is 63.2 Å². The first-order valence-corrected chi connectivity index (χ1v) is 15.9. The minimum absolute atomic E-state index is 0.0146. The number of fused-ring (bicyclic) bond motifs is 6. The number of aromatic hydroxyl groups is 2. The summed E-state index contributed by atoms with van der Waals surface area (Å²) in [6.07, 6.45) is -3.72. The largest absolute Gasteiger partial charge is 0.507 e. The molecular weight excluding hydrogens is 628 g/mol. The van der Waals surface area contributed by atoms with Crippen LogP contribution in [0.5, 0.6) is 17.2 Å². The second-order valence-corrected chi connectivity index (χ2v) is 12.9. The Hall–Kier alpha value is -3.96. The molecule has 2 aromatic carbocycles. The molecule has 0 spiro atoms. The molecule has 15 nitrogen and oxygen atoms in total. The van der Waals surface area contributed by atoms with Gasteiger partial charge in [0.2, 0.25) is 5.78 Å². The summed E-state index contributed by atoms with van der Waals surface area (Å²) >= 11 is 0. The van der Waals surface area contributed by atoms with E-state index in [0.29, 0.717) is 25.4 Å². The number of hydrogen-bond donors (Lipinski definition) is 4. The summed E-state index contributed by atoms with van der Waals surface area (Å²) in [5.41, 5.74) is -2.37. The number of H-pyrrole nitrogens is 1. The number of aromatic nitrogens is 3. The zero-order valence-corrected chi connectivity index (χ0v) is 26.8. The van der Waals surface area contributed by atoms with Gasteiger partial charge in [-0.1, -0.05) is 12.1 Å². The molecule has 0 saturated carbocycles. The fraction of sp³-hybridized carbons (Fsp3) is 0.515. The highest BCUT2D eigenvalue weighted by Gasteiger charge is 2.55. The molecular formula is C33H36N4O11. The molecule has 0 bridgehead atoms. The van der Waals surface area contributed by atoms with Crippen molar-refractivity contribution in [3.8, 4) is 17.2 Å². The van der Waals surface area contributed by atoms with E-state index in [1.807, 2.05) is 6.92 Å². The van der Waals surface area contributed by atoms with Crippen molar-refractivity contribution in [2.45, 2.75) is 81.9 Å². The molecule has 0 radical (unpaired) electrons. The number of ether oxygens (including phenoxy) is 6. The van der Waals surface area contributed by atoms with Gasteiger partial charge in [0.05, 0.1) is 42.6 Å². The molecule has 8 atom stereocenters. The lowest BCUT2D eigenvalue weighted by Crippen LogP contribution is -2.55. The van der Waals surface area contributed by atoms with Crippen LogP contribution in [0.2, 0.25) is 0 Å². The van der Waals surface area contributed by atoms with Crippen LogP contribution >= 0.6 is 0 Å². The van der Waals surface area contributed by atoms with Crippen LogP contribution < -0.4 is 4.74 Å². The summed E-state index contributed by atoms with van der Waals surface area (Å²) in [5.74, 6) is -1.74. The number of carbonyl (C=O) groups is 2. The highest BCUT2D eigenvalue weighted by atomic mass is 16.7. The van der Waals surface area contributed by atoms with E-state index in [-0.39, 0.29) is 69.9 Å². The van der Waals surface area contributed by atoms with E-state index < -0.39 is 59.7 Å². The highest BCUT2D eigenvalue weighted by Crippen LogP contribution is 2.54. The average Bonchev–Trinajstić information content (AvgIpc) is 3.69. The van der Waals surface area contributed by atoms with Crippen molar-refractivity contribution in [1.82, 2.24) is 20.1 Å². The number of carbonyl (C=O) groups excluding carboxylic acids is 2. The summed E-state index contributed by atoms with van der Waals surface area (Å²) in [7, 11) is 2.94. The Bertz CT molecular complexity index is 1830. The number of methoxy groups -OCH3 is 2. The lowest BCUT2D eigenvalue weighted by Gasteiger charge is -2.43. The zero-order chi connectivity index (χ0) is 33.6. The van der Waals surface area contributed by atoms with Crippen LogP contribution in [0.4, 0.5) is 0 Å². The van der Waals surface area contributed by atoms with E-state index >= 15 is 0 Å². The first-order valence-electron chi connectivity index (χ1n) is 15.9. The number of phenolic OH excluding ortho intramolecular Hbond substituents is 2. The van der Waals surface area contributed by atoms with Gasteiger partial charge in [-0.3, -0.25) is 19.6 Å². The van der Waals surface area contributed by atoms with E-state index in [2.05, 4.69) is 20.1 Å². The molecule has 0 amide bonds. The molecule has 3 aromatic rings. The first kappa shape index (κ1) is 31.3. The number of morpholine rings is 1. The molecule has 5 aliphatic rings. The molecule has 8 rings (SSSR count). The van der Waals surface area contributed by atoms with Gasteiger partial charge >= 0.3 is 0 Å². The third-order valence-electron chi connectivity index (χ3n) is 10.2. The number of phenols is 2. The molecule has 0 unspecified atom stereocenters. The number of aryl methyl sites for hydroxylation is 1. The lowest BCUT2D eigenvalue weighted by atomic mass is 9.72. The number of hydrogen-bond acceptors (Lipinski definition) is 14. The molecule has 48 heavy (non-hydrogen) atoms. The maximum Gasteiger partial charge on any atom is 0.202 e. The molecule has 15 heteroatoms. The fourth-order valence-corrected chi connectivity index (χ4v) is 8.05. The van der Waals surface area contributed by atoms with Crippen LogP contribution in [-0.2, 0) is 35.7 Å². The SMILES string of the molecule is COc1cccc2c1C(=O)c1c(O)c3c(c(O)c1C2=O)C[C@@](O)(c1n[nH]c(C)n1)C[C@@H]3O[C@H]1C[C@H]2[C@H](O[C@@H]3[C@@H](OC)OCCN32)[C@H](C)O1. The molecule has 3 saturated heterocycles. The molecule has 3 fully saturated rings. The number of ketones is 2. The van der Waals surface area contributed by atoms with Crippen molar-refractivity contribution in [2.75, 3.05) is 27.4 Å². The minimum Gasteiger partial charge on any atom is -0.507 e. The van der Waals surface area contributed by atoms with Gasteiger partial charge in [-0.25, -0.2) is 4.98 Å². The number of aliphatic hydroxyl groups is 1. The first-order chi connectivity index (χ1) is 23.0. The number of nitrogens with one attached hydrogen (secondary N) is 1. The summed E-state index contributed by atoms with van der Waals surface area (Å²) in [6, 6.07) is 4.46. The summed E-state index contributed by atoms with van der Waals surface area (Å²) in [6.45, 7) is 4.64. The Morgan fingerprint density at radius 1 is 1.08 bits per heavy atom. The van der Waals surface area contributed by atoms with E-state index in [0.717, 1.165) is 0 Å². The molecule has 4 heterocycles. The normalized spacial score (nSPS) is 32.6. The van der Waals surface area contributed by atoms with Gasteiger partial charge in [-0.05, 0) is 19.9 Å². The standard InChI is InChI=1S/C33H36N4O11/c1-13-29-17(37-8-9-45-31(44-4)30(37)48-29)10-20(46-13)47-19-12-33(42,32-34-14(2)35-36-32)11-16-22(19)28(41)24-23(26(16)39)25(38)15-6-5-7-18(43-3)21(15)27(24)40/h5-7,13,17,19-20,29-31,39,41-42H,8-12H2,1-4H3,(H,34,35,36)/t13-,17-,19-,20-,29+,30+,31-,33-/m0/s1. The molecule has 3 aliphatic heterocycles. The second kappa shape index (κ2) is 11.3. The predicted molar refractivity (Wildman–Crippen MR) is 162 cm³/mol. The van der Waals surface area contributed by atoms with E-state index in [1.165, 1.54) is 13.2 Å². The topological polar surface area (TPSA) is 195 Å². The smallest absolute Gasteiger partial charge is 0.202 e. The quantitative estimate of drug-likeness (QED) is 0.225. The monoisotopic (exact) mass is 664 g/mol. The number of aromatic amines is 1. The average molecular weight is 665 g/mol. The Morgan fingerprint density at radius 3 is 2.60 bits per heavy atom. The Balaban J connectivity index is 1.22. The maximum atomic E-state index is 14.0. The van der Waals surface area contributed by atoms with Gasteiger partial charge < -0.3 is 43.7 Å². The molecule has 254 valence electrons.